The summed E-state index contributed by atoms with van der Waals surface area (Å²) in [5, 5.41) is 11.1. The number of amides is 1. The van der Waals surface area contributed by atoms with Crippen LogP contribution in [0.25, 0.3) is 0 Å². The summed E-state index contributed by atoms with van der Waals surface area (Å²) in [5.41, 5.74) is 0.300. The van der Waals surface area contributed by atoms with E-state index in [-0.39, 0.29) is 24.3 Å². The van der Waals surface area contributed by atoms with Crippen molar-refractivity contribution < 1.29 is 18.5 Å². The second-order valence-corrected chi connectivity index (χ2v) is 5.24. The van der Waals surface area contributed by atoms with E-state index < -0.39 is 22.5 Å². The van der Waals surface area contributed by atoms with Gasteiger partial charge in [-0.2, -0.15) is 0 Å². The largest absolute Gasteiger partial charge is 0.384 e. The summed E-state index contributed by atoms with van der Waals surface area (Å²) in [7, 11) is -0.981. The third kappa shape index (κ3) is 5.20. The summed E-state index contributed by atoms with van der Waals surface area (Å²) in [6.45, 7) is -0.0779. The lowest BCUT2D eigenvalue weighted by atomic mass is 10.1. The molecule has 1 rings (SSSR count). The highest BCUT2D eigenvalue weighted by molar-refractivity contribution is 7.84. The average Bonchev–Trinajstić information content (AvgIpc) is 2.36. The van der Waals surface area contributed by atoms with Gasteiger partial charge >= 0.3 is 0 Å². The minimum atomic E-state index is -0.981. The van der Waals surface area contributed by atoms with Gasteiger partial charge in [0, 0.05) is 34.9 Å². The SMILES string of the molecule is CS(=O)CCNC(=O)c1ccc(C#CCO)c(F)c1. The number of rotatable bonds is 4. The van der Waals surface area contributed by atoms with Gasteiger partial charge in [-0.3, -0.25) is 9.00 Å². The molecule has 1 amide bonds. The van der Waals surface area contributed by atoms with Gasteiger partial charge in [-0.05, 0) is 18.2 Å². The van der Waals surface area contributed by atoms with E-state index in [0.717, 1.165) is 6.07 Å². The molecule has 4 nitrogen and oxygen atoms in total. The van der Waals surface area contributed by atoms with Crippen molar-refractivity contribution in [1.82, 2.24) is 5.32 Å². The van der Waals surface area contributed by atoms with Crippen molar-refractivity contribution in [2.45, 2.75) is 0 Å². The van der Waals surface area contributed by atoms with Crippen LogP contribution in [0, 0.1) is 17.7 Å². The molecule has 0 heterocycles. The van der Waals surface area contributed by atoms with Crippen molar-refractivity contribution in [2.24, 2.45) is 0 Å². The van der Waals surface area contributed by atoms with Crippen LogP contribution in [0.3, 0.4) is 0 Å². The molecule has 0 aliphatic rings. The molecule has 102 valence electrons. The summed E-state index contributed by atoms with van der Waals surface area (Å²) in [6.07, 6.45) is 1.54. The number of carbonyl (C=O) groups is 1. The van der Waals surface area contributed by atoms with Crippen molar-refractivity contribution in [3.05, 3.63) is 35.1 Å². The summed E-state index contributed by atoms with van der Waals surface area (Å²) < 4.78 is 24.4. The topological polar surface area (TPSA) is 66.4 Å². The lowest BCUT2D eigenvalue weighted by Crippen LogP contribution is -2.27. The van der Waals surface area contributed by atoms with Gasteiger partial charge in [0.1, 0.15) is 12.4 Å². The van der Waals surface area contributed by atoms with Gasteiger partial charge in [0.15, 0.2) is 0 Å². The van der Waals surface area contributed by atoms with E-state index in [1.165, 1.54) is 12.1 Å². The molecular formula is C13H14FNO3S. The number of aliphatic hydroxyl groups is 1. The molecule has 0 fully saturated rings. The maximum Gasteiger partial charge on any atom is 0.251 e. The lowest BCUT2D eigenvalue weighted by Gasteiger charge is -2.04. The number of nitrogens with one attached hydrogen (secondary N) is 1. The molecule has 0 aromatic heterocycles. The van der Waals surface area contributed by atoms with Gasteiger partial charge in [0.05, 0.1) is 5.56 Å². The number of aliphatic hydroxyl groups excluding tert-OH is 1. The van der Waals surface area contributed by atoms with Crippen molar-refractivity contribution in [1.29, 1.82) is 0 Å². The molecule has 0 saturated heterocycles. The molecule has 0 aliphatic heterocycles. The third-order valence-electron chi connectivity index (χ3n) is 2.21. The molecule has 0 bridgehead atoms. The minimum Gasteiger partial charge on any atom is -0.384 e. The van der Waals surface area contributed by atoms with Crippen LogP contribution in [0.1, 0.15) is 15.9 Å². The number of carbonyl (C=O) groups excluding carboxylic acids is 1. The zero-order chi connectivity index (χ0) is 14.3. The van der Waals surface area contributed by atoms with Gasteiger partial charge in [0.25, 0.3) is 5.91 Å². The van der Waals surface area contributed by atoms with Gasteiger partial charge in [0.2, 0.25) is 0 Å². The Kier molecular flexibility index (Phi) is 6.19. The normalized spacial score (nSPS) is 11.3. The molecule has 1 unspecified atom stereocenters. The van der Waals surface area contributed by atoms with E-state index >= 15 is 0 Å². The highest BCUT2D eigenvalue weighted by atomic mass is 32.2. The first-order valence-corrected chi connectivity index (χ1v) is 7.25. The van der Waals surface area contributed by atoms with E-state index in [9.17, 15) is 13.4 Å². The van der Waals surface area contributed by atoms with E-state index in [2.05, 4.69) is 17.2 Å². The van der Waals surface area contributed by atoms with Crippen molar-refractivity contribution in [3.63, 3.8) is 0 Å². The van der Waals surface area contributed by atoms with Crippen LogP contribution in [-0.2, 0) is 10.8 Å². The zero-order valence-electron chi connectivity index (χ0n) is 10.4. The predicted molar refractivity (Wildman–Crippen MR) is 71.6 cm³/mol. The Hall–Kier alpha value is -1.71. The highest BCUT2D eigenvalue weighted by Crippen LogP contribution is 2.09. The maximum atomic E-state index is 13.6. The fraction of sp³-hybridized carbons (Fsp3) is 0.308. The molecule has 1 aromatic carbocycles. The maximum absolute atomic E-state index is 13.6. The Morgan fingerprint density at radius 2 is 2.26 bits per heavy atom. The van der Waals surface area contributed by atoms with Crippen molar-refractivity contribution >= 4 is 16.7 Å². The number of benzene rings is 1. The molecule has 1 atom stereocenters. The summed E-state index contributed by atoms with van der Waals surface area (Å²) in [5.74, 6) is 4.08. The summed E-state index contributed by atoms with van der Waals surface area (Å²) >= 11 is 0. The van der Waals surface area contributed by atoms with Crippen LogP contribution in [0.5, 0.6) is 0 Å². The van der Waals surface area contributed by atoms with Gasteiger partial charge in [-0.25, -0.2) is 4.39 Å². The van der Waals surface area contributed by atoms with Crippen LogP contribution in [0.4, 0.5) is 4.39 Å². The Labute approximate surface area is 113 Å². The average molecular weight is 283 g/mol. The standard InChI is InChI=1S/C13H14FNO3S/c1-19(18)8-6-15-13(17)11-5-4-10(3-2-7-16)12(14)9-11/h4-5,9,16H,6-8H2,1H3,(H,15,17). The van der Waals surface area contributed by atoms with Crippen molar-refractivity contribution in [3.8, 4) is 11.8 Å². The fourth-order valence-corrected chi connectivity index (χ4v) is 1.69. The molecule has 0 radical (unpaired) electrons. The van der Waals surface area contributed by atoms with Crippen LogP contribution in [0.15, 0.2) is 18.2 Å². The molecular weight excluding hydrogens is 269 g/mol. The second-order valence-electron chi connectivity index (χ2n) is 3.69. The first-order chi connectivity index (χ1) is 9.04. The number of hydrogen-bond acceptors (Lipinski definition) is 3. The Morgan fingerprint density at radius 1 is 1.53 bits per heavy atom. The van der Waals surface area contributed by atoms with Gasteiger partial charge in [-0.15, -0.1) is 0 Å². The molecule has 0 saturated carbocycles. The number of halogens is 1. The van der Waals surface area contributed by atoms with E-state index in [4.69, 9.17) is 5.11 Å². The lowest BCUT2D eigenvalue weighted by molar-refractivity contribution is 0.0955. The second kappa shape index (κ2) is 7.67. The quantitative estimate of drug-likeness (QED) is 0.780. The monoisotopic (exact) mass is 283 g/mol. The minimum absolute atomic E-state index is 0.125. The Morgan fingerprint density at radius 3 is 2.84 bits per heavy atom. The molecule has 0 aliphatic carbocycles. The van der Waals surface area contributed by atoms with Crippen LogP contribution in [0.2, 0.25) is 0 Å². The van der Waals surface area contributed by atoms with E-state index in [1.54, 1.807) is 6.26 Å². The molecule has 0 spiro atoms. The van der Waals surface area contributed by atoms with Crippen LogP contribution in [-0.4, -0.2) is 40.4 Å². The Bertz CT molecular complexity index is 549. The molecule has 1 aromatic rings. The van der Waals surface area contributed by atoms with Crippen LogP contribution < -0.4 is 5.32 Å². The zero-order valence-corrected chi connectivity index (χ0v) is 11.2. The van der Waals surface area contributed by atoms with Gasteiger partial charge in [-0.1, -0.05) is 11.8 Å². The predicted octanol–water partition coefficient (Wildman–Crippen LogP) is 0.278. The fourth-order valence-electron chi connectivity index (χ4n) is 1.30. The number of hydrogen-bond donors (Lipinski definition) is 2. The molecule has 6 heteroatoms. The van der Waals surface area contributed by atoms with E-state index in [1.807, 2.05) is 0 Å². The third-order valence-corrected chi connectivity index (χ3v) is 2.99. The molecule has 2 N–H and O–H groups in total. The smallest absolute Gasteiger partial charge is 0.251 e. The van der Waals surface area contributed by atoms with Crippen molar-refractivity contribution in [2.75, 3.05) is 25.2 Å². The summed E-state index contributed by atoms with van der Waals surface area (Å²) in [4.78, 5) is 11.7. The molecule has 19 heavy (non-hydrogen) atoms. The Balaban J connectivity index is 2.72. The first kappa shape index (κ1) is 15.3. The highest BCUT2D eigenvalue weighted by Gasteiger charge is 2.08. The first-order valence-electron chi connectivity index (χ1n) is 5.52. The van der Waals surface area contributed by atoms with E-state index in [0.29, 0.717) is 5.75 Å². The summed E-state index contributed by atoms with van der Waals surface area (Å²) in [6, 6.07) is 3.91. The van der Waals surface area contributed by atoms with Crippen LogP contribution >= 0.6 is 0 Å². The van der Waals surface area contributed by atoms with Gasteiger partial charge < -0.3 is 10.4 Å².